The molecule has 0 saturated carbocycles. The van der Waals surface area contributed by atoms with Crippen LogP contribution < -0.4 is 5.32 Å². The van der Waals surface area contributed by atoms with Gasteiger partial charge in [0.05, 0.1) is 12.3 Å². The fraction of sp³-hybridized carbons (Fsp3) is 0.556. The Morgan fingerprint density at radius 1 is 1.53 bits per heavy atom. The summed E-state index contributed by atoms with van der Waals surface area (Å²) in [5, 5.41) is 2.32. The van der Waals surface area contributed by atoms with Crippen LogP contribution in [0.5, 0.6) is 0 Å². The second kappa shape index (κ2) is 6.53. The predicted octanol–water partition coefficient (Wildman–Crippen LogP) is 1.15. The number of hydrogen-bond acceptors (Lipinski definition) is 4. The van der Waals surface area contributed by atoms with Crippen LogP contribution in [-0.2, 0) is 18.7 Å². The molecule has 0 aromatic rings. The molecule has 0 aliphatic carbocycles. The molecule has 0 radical (unpaired) electrons. The van der Waals surface area contributed by atoms with E-state index in [1.54, 1.807) is 6.92 Å². The summed E-state index contributed by atoms with van der Waals surface area (Å²) < 4.78 is 16.6. The molecule has 1 unspecified atom stereocenters. The van der Waals surface area contributed by atoms with Crippen LogP contribution >= 0.6 is 7.37 Å². The molecule has 0 spiro atoms. The third-order valence-corrected chi connectivity index (χ3v) is 3.14. The highest BCUT2D eigenvalue weighted by atomic mass is 31.2. The van der Waals surface area contributed by atoms with Gasteiger partial charge in [0.25, 0.3) is 0 Å². The average molecular weight is 233 g/mol. The van der Waals surface area contributed by atoms with Crippen LogP contribution in [-0.4, -0.2) is 31.6 Å². The lowest BCUT2D eigenvalue weighted by Crippen LogP contribution is -2.20. The standard InChI is InChI=1S/C9H16NO4P/c1-4-14-15(3,13)6-5-9(7-11)10-8(2)12/h5,7H,4,6H2,1-3H3,(H,10,12)/b9-5-. The van der Waals surface area contributed by atoms with Gasteiger partial charge in [0.1, 0.15) is 0 Å². The van der Waals surface area contributed by atoms with E-state index in [1.807, 2.05) is 0 Å². The minimum atomic E-state index is -2.69. The first kappa shape index (κ1) is 14.1. The maximum Gasteiger partial charge on any atom is 0.221 e. The van der Waals surface area contributed by atoms with Gasteiger partial charge in [0.15, 0.2) is 6.29 Å². The van der Waals surface area contributed by atoms with E-state index in [-0.39, 0.29) is 17.8 Å². The summed E-state index contributed by atoms with van der Waals surface area (Å²) in [7, 11) is -2.69. The smallest absolute Gasteiger partial charge is 0.221 e. The lowest BCUT2D eigenvalue weighted by Gasteiger charge is -2.10. The number of carbonyl (C=O) groups is 2. The first-order valence-corrected chi connectivity index (χ1v) is 6.81. The largest absolute Gasteiger partial charge is 0.329 e. The van der Waals surface area contributed by atoms with E-state index >= 15 is 0 Å². The van der Waals surface area contributed by atoms with Crippen molar-refractivity contribution in [3.63, 3.8) is 0 Å². The fourth-order valence-corrected chi connectivity index (χ4v) is 2.10. The maximum absolute atomic E-state index is 11.6. The Bertz CT molecular complexity index is 311. The van der Waals surface area contributed by atoms with Gasteiger partial charge in [-0.15, -0.1) is 0 Å². The molecule has 0 heterocycles. The van der Waals surface area contributed by atoms with Crippen molar-refractivity contribution in [2.45, 2.75) is 13.8 Å². The molecular weight excluding hydrogens is 217 g/mol. The van der Waals surface area contributed by atoms with Gasteiger partial charge in [-0.2, -0.15) is 0 Å². The van der Waals surface area contributed by atoms with E-state index < -0.39 is 7.37 Å². The molecule has 0 aliphatic rings. The molecule has 5 nitrogen and oxygen atoms in total. The van der Waals surface area contributed by atoms with Gasteiger partial charge in [-0.3, -0.25) is 14.2 Å². The maximum atomic E-state index is 11.6. The van der Waals surface area contributed by atoms with Crippen molar-refractivity contribution >= 4 is 19.6 Å². The van der Waals surface area contributed by atoms with E-state index in [1.165, 1.54) is 19.7 Å². The highest BCUT2D eigenvalue weighted by Gasteiger charge is 2.13. The summed E-state index contributed by atoms with van der Waals surface area (Å²) in [5.74, 6) is -0.337. The normalized spacial score (nSPS) is 15.5. The second-order valence-corrected chi connectivity index (χ2v) is 5.72. The lowest BCUT2D eigenvalue weighted by molar-refractivity contribution is -0.119. The van der Waals surface area contributed by atoms with Crippen LogP contribution in [0.1, 0.15) is 13.8 Å². The number of allylic oxidation sites excluding steroid dienone is 2. The Kier molecular flexibility index (Phi) is 6.13. The zero-order valence-corrected chi connectivity index (χ0v) is 10.0. The first-order valence-electron chi connectivity index (χ1n) is 4.55. The van der Waals surface area contributed by atoms with Gasteiger partial charge in [0, 0.05) is 19.8 Å². The van der Waals surface area contributed by atoms with Crippen LogP contribution in [0.2, 0.25) is 0 Å². The van der Waals surface area contributed by atoms with Crippen molar-refractivity contribution in [2.75, 3.05) is 19.4 Å². The van der Waals surface area contributed by atoms with Crippen LogP contribution in [0.4, 0.5) is 0 Å². The molecule has 1 N–H and O–H groups in total. The summed E-state index contributed by atoms with van der Waals surface area (Å²) in [5.41, 5.74) is 0.115. The van der Waals surface area contributed by atoms with Crippen molar-refractivity contribution in [2.24, 2.45) is 0 Å². The lowest BCUT2D eigenvalue weighted by atomic mass is 10.4. The van der Waals surface area contributed by atoms with Gasteiger partial charge >= 0.3 is 0 Å². The number of amides is 1. The van der Waals surface area contributed by atoms with Crippen LogP contribution in [0.25, 0.3) is 0 Å². The quantitative estimate of drug-likeness (QED) is 0.424. The Labute approximate surface area is 89.3 Å². The molecule has 0 bridgehead atoms. The Balaban J connectivity index is 4.40. The van der Waals surface area contributed by atoms with Crippen molar-refractivity contribution in [1.82, 2.24) is 5.32 Å². The van der Waals surface area contributed by atoms with Crippen molar-refractivity contribution in [3.05, 3.63) is 11.8 Å². The molecule has 0 rings (SSSR count). The minimum Gasteiger partial charge on any atom is -0.329 e. The van der Waals surface area contributed by atoms with Gasteiger partial charge in [-0.25, -0.2) is 0 Å². The second-order valence-electron chi connectivity index (χ2n) is 3.07. The molecule has 0 aromatic carbocycles. The number of carbonyl (C=O) groups excluding carboxylic acids is 2. The summed E-state index contributed by atoms with van der Waals surface area (Å²) in [6.45, 7) is 4.89. The molecule has 1 amide bonds. The average Bonchev–Trinajstić information content (AvgIpc) is 2.11. The Hall–Kier alpha value is -0.930. The molecule has 0 aromatic heterocycles. The summed E-state index contributed by atoms with van der Waals surface area (Å²) in [4.78, 5) is 21.2. The van der Waals surface area contributed by atoms with Crippen LogP contribution in [0.3, 0.4) is 0 Å². The monoisotopic (exact) mass is 233 g/mol. The van der Waals surface area contributed by atoms with Crippen molar-refractivity contribution in [1.29, 1.82) is 0 Å². The zero-order chi connectivity index (χ0) is 11.9. The molecule has 15 heavy (non-hydrogen) atoms. The van der Waals surface area contributed by atoms with Crippen molar-refractivity contribution in [3.8, 4) is 0 Å². The van der Waals surface area contributed by atoms with Crippen LogP contribution in [0.15, 0.2) is 11.8 Å². The highest BCUT2D eigenvalue weighted by molar-refractivity contribution is 7.58. The molecule has 6 heteroatoms. The summed E-state index contributed by atoms with van der Waals surface area (Å²) in [6.07, 6.45) is 2.05. The van der Waals surface area contributed by atoms with E-state index in [0.717, 1.165) is 0 Å². The highest BCUT2D eigenvalue weighted by Crippen LogP contribution is 2.42. The molecule has 86 valence electrons. The molecule has 0 aliphatic heterocycles. The van der Waals surface area contributed by atoms with Gasteiger partial charge in [-0.1, -0.05) is 0 Å². The summed E-state index contributed by atoms with van der Waals surface area (Å²) in [6, 6.07) is 0. The minimum absolute atomic E-state index is 0.115. The summed E-state index contributed by atoms with van der Waals surface area (Å²) >= 11 is 0. The molecule has 1 atom stereocenters. The van der Waals surface area contributed by atoms with Gasteiger partial charge in [0.2, 0.25) is 13.3 Å². The van der Waals surface area contributed by atoms with Gasteiger partial charge < -0.3 is 9.84 Å². The van der Waals surface area contributed by atoms with Crippen LogP contribution in [0, 0.1) is 0 Å². The van der Waals surface area contributed by atoms with Gasteiger partial charge in [-0.05, 0) is 13.0 Å². The molecular formula is C9H16NO4P. The van der Waals surface area contributed by atoms with E-state index in [2.05, 4.69) is 5.32 Å². The van der Waals surface area contributed by atoms with E-state index in [9.17, 15) is 14.2 Å². The number of aldehydes is 1. The Morgan fingerprint density at radius 3 is 2.53 bits per heavy atom. The van der Waals surface area contributed by atoms with E-state index in [0.29, 0.717) is 12.9 Å². The zero-order valence-electron chi connectivity index (χ0n) is 9.15. The number of hydrogen-bond donors (Lipinski definition) is 1. The number of rotatable bonds is 6. The first-order chi connectivity index (χ1) is 6.91. The predicted molar refractivity (Wildman–Crippen MR) is 58.0 cm³/mol. The molecule has 0 saturated heterocycles. The van der Waals surface area contributed by atoms with E-state index in [4.69, 9.17) is 4.52 Å². The third-order valence-electron chi connectivity index (χ3n) is 1.49. The third kappa shape index (κ3) is 7.05. The number of nitrogens with one attached hydrogen (secondary N) is 1. The topological polar surface area (TPSA) is 72.5 Å². The Morgan fingerprint density at radius 2 is 2.13 bits per heavy atom. The fourth-order valence-electron chi connectivity index (χ4n) is 0.922. The SMILES string of the molecule is CCOP(C)(=O)C/C=C(/C=O)NC(C)=O. The van der Waals surface area contributed by atoms with Crippen molar-refractivity contribution < 1.29 is 18.7 Å². The molecule has 0 fully saturated rings.